The van der Waals surface area contributed by atoms with Gasteiger partial charge in [0.2, 0.25) is 5.88 Å². The zero-order valence-corrected chi connectivity index (χ0v) is 11.1. The Morgan fingerprint density at radius 2 is 2.12 bits per heavy atom. The quantitative estimate of drug-likeness (QED) is 0.705. The van der Waals surface area contributed by atoms with Gasteiger partial charge in [0.15, 0.2) is 0 Å². The third kappa shape index (κ3) is 5.52. The van der Waals surface area contributed by atoms with Crippen molar-refractivity contribution < 1.29 is 4.74 Å². The molecule has 0 aliphatic heterocycles. The maximum atomic E-state index is 5.34. The van der Waals surface area contributed by atoms with Crippen molar-refractivity contribution >= 4 is 5.82 Å². The maximum absolute atomic E-state index is 5.34. The fraction of sp³-hybridized carbons (Fsp3) is 0.692. The molecule has 96 valence electrons. The molecule has 0 aromatic carbocycles. The molecule has 0 spiro atoms. The molecular formula is C13H23N3O. The summed E-state index contributed by atoms with van der Waals surface area (Å²) in [5.74, 6) is 1.47. The van der Waals surface area contributed by atoms with Crippen molar-refractivity contribution in [1.82, 2.24) is 9.97 Å². The van der Waals surface area contributed by atoms with Gasteiger partial charge in [-0.15, -0.1) is 0 Å². The summed E-state index contributed by atoms with van der Waals surface area (Å²) in [4.78, 5) is 8.23. The topological polar surface area (TPSA) is 47.0 Å². The van der Waals surface area contributed by atoms with Crippen molar-refractivity contribution in [3.8, 4) is 5.88 Å². The molecule has 0 radical (unpaired) electrons. The molecule has 0 amide bonds. The fourth-order valence-corrected chi connectivity index (χ4v) is 1.67. The van der Waals surface area contributed by atoms with Crippen LogP contribution < -0.4 is 10.1 Å². The van der Waals surface area contributed by atoms with Crippen molar-refractivity contribution in [2.45, 2.75) is 52.5 Å². The first kappa shape index (κ1) is 13.7. The van der Waals surface area contributed by atoms with Crippen LogP contribution >= 0.6 is 0 Å². The van der Waals surface area contributed by atoms with Gasteiger partial charge in [0.25, 0.3) is 0 Å². The van der Waals surface area contributed by atoms with Crippen LogP contribution in [0.4, 0.5) is 5.82 Å². The van der Waals surface area contributed by atoms with Crippen LogP contribution in [-0.2, 0) is 0 Å². The highest BCUT2D eigenvalue weighted by atomic mass is 16.5. The van der Waals surface area contributed by atoms with Crippen molar-refractivity contribution in [1.29, 1.82) is 0 Å². The highest BCUT2D eigenvalue weighted by Crippen LogP contribution is 2.13. The van der Waals surface area contributed by atoms with Gasteiger partial charge in [0, 0.05) is 12.1 Å². The molecule has 1 rings (SSSR count). The molecule has 0 bridgehead atoms. The summed E-state index contributed by atoms with van der Waals surface area (Å²) in [5.41, 5.74) is 0. The molecule has 4 nitrogen and oxygen atoms in total. The van der Waals surface area contributed by atoms with E-state index in [2.05, 4.69) is 29.1 Å². The number of hydrogen-bond acceptors (Lipinski definition) is 4. The minimum Gasteiger partial charge on any atom is -0.478 e. The molecule has 0 fully saturated rings. The van der Waals surface area contributed by atoms with Crippen LogP contribution in [0.5, 0.6) is 5.88 Å². The molecule has 1 N–H and O–H groups in total. The molecule has 0 aliphatic carbocycles. The molecule has 1 atom stereocenters. The van der Waals surface area contributed by atoms with Crippen LogP contribution in [0, 0.1) is 0 Å². The zero-order valence-electron chi connectivity index (χ0n) is 11.1. The van der Waals surface area contributed by atoms with Gasteiger partial charge in [-0.05, 0) is 20.3 Å². The second-order valence-electron chi connectivity index (χ2n) is 4.22. The van der Waals surface area contributed by atoms with Gasteiger partial charge in [-0.2, -0.15) is 0 Å². The average molecular weight is 237 g/mol. The third-order valence-corrected chi connectivity index (χ3v) is 2.57. The van der Waals surface area contributed by atoms with E-state index in [4.69, 9.17) is 4.74 Å². The molecule has 0 saturated carbocycles. The van der Waals surface area contributed by atoms with Crippen LogP contribution in [0.25, 0.3) is 0 Å². The number of anilines is 1. The molecule has 1 aromatic heterocycles. The molecule has 1 unspecified atom stereocenters. The van der Waals surface area contributed by atoms with E-state index in [1.807, 2.05) is 13.0 Å². The molecule has 0 aliphatic rings. The van der Waals surface area contributed by atoms with E-state index < -0.39 is 0 Å². The number of aromatic nitrogens is 2. The summed E-state index contributed by atoms with van der Waals surface area (Å²) in [6, 6.07) is 2.28. The molecule has 4 heteroatoms. The molecular weight excluding hydrogens is 214 g/mol. The molecule has 0 saturated heterocycles. The van der Waals surface area contributed by atoms with Gasteiger partial charge < -0.3 is 10.1 Å². The predicted octanol–water partition coefficient (Wildman–Crippen LogP) is 3.26. The lowest BCUT2D eigenvalue weighted by molar-refractivity contribution is 0.326. The summed E-state index contributed by atoms with van der Waals surface area (Å²) in [6.07, 6.45) is 6.51. The lowest BCUT2D eigenvalue weighted by Crippen LogP contribution is -2.16. The van der Waals surface area contributed by atoms with E-state index in [0.717, 1.165) is 5.82 Å². The Labute approximate surface area is 104 Å². The summed E-state index contributed by atoms with van der Waals surface area (Å²) in [7, 11) is 0. The number of unbranched alkanes of at least 4 members (excludes halogenated alkanes) is 2. The SMILES string of the molecule is CCCCCC(C)Nc1cc(OCC)ncn1. The Hall–Kier alpha value is -1.32. The Morgan fingerprint density at radius 3 is 2.82 bits per heavy atom. The van der Waals surface area contributed by atoms with E-state index in [0.29, 0.717) is 18.5 Å². The highest BCUT2D eigenvalue weighted by molar-refractivity contribution is 5.37. The van der Waals surface area contributed by atoms with Gasteiger partial charge in [-0.1, -0.05) is 26.2 Å². The normalized spacial score (nSPS) is 12.2. The average Bonchev–Trinajstić information content (AvgIpc) is 2.30. The summed E-state index contributed by atoms with van der Waals surface area (Å²) < 4.78 is 5.34. The van der Waals surface area contributed by atoms with Gasteiger partial charge in [0.05, 0.1) is 6.61 Å². The van der Waals surface area contributed by atoms with Gasteiger partial charge in [-0.3, -0.25) is 0 Å². The molecule has 17 heavy (non-hydrogen) atoms. The maximum Gasteiger partial charge on any atom is 0.218 e. The van der Waals surface area contributed by atoms with Crippen LogP contribution in [-0.4, -0.2) is 22.6 Å². The third-order valence-electron chi connectivity index (χ3n) is 2.57. The van der Waals surface area contributed by atoms with Gasteiger partial charge >= 0.3 is 0 Å². The van der Waals surface area contributed by atoms with E-state index in [1.54, 1.807) is 0 Å². The van der Waals surface area contributed by atoms with E-state index in [1.165, 1.54) is 32.0 Å². The Morgan fingerprint density at radius 1 is 1.29 bits per heavy atom. The largest absolute Gasteiger partial charge is 0.478 e. The second kappa shape index (κ2) is 7.87. The number of ether oxygens (including phenoxy) is 1. The van der Waals surface area contributed by atoms with Crippen LogP contribution in [0.1, 0.15) is 46.5 Å². The van der Waals surface area contributed by atoms with E-state index in [-0.39, 0.29) is 0 Å². The first-order valence-electron chi connectivity index (χ1n) is 6.47. The Balaban J connectivity index is 2.41. The van der Waals surface area contributed by atoms with E-state index in [9.17, 15) is 0 Å². The lowest BCUT2D eigenvalue weighted by Gasteiger charge is -2.14. The number of rotatable bonds is 8. The van der Waals surface area contributed by atoms with Crippen molar-refractivity contribution in [3.63, 3.8) is 0 Å². The number of nitrogens with one attached hydrogen (secondary N) is 1. The second-order valence-corrected chi connectivity index (χ2v) is 4.22. The lowest BCUT2D eigenvalue weighted by atomic mass is 10.1. The standard InChI is InChI=1S/C13H23N3O/c1-4-6-7-8-11(3)16-12-9-13(17-5-2)15-10-14-12/h9-11H,4-8H2,1-3H3,(H,14,15,16). The van der Waals surface area contributed by atoms with Crippen LogP contribution in [0.15, 0.2) is 12.4 Å². The Kier molecular flexibility index (Phi) is 6.37. The number of hydrogen-bond donors (Lipinski definition) is 1. The van der Waals surface area contributed by atoms with Gasteiger partial charge in [0.1, 0.15) is 12.1 Å². The minimum absolute atomic E-state index is 0.436. The first-order chi connectivity index (χ1) is 8.26. The number of nitrogens with zero attached hydrogens (tertiary/aromatic N) is 2. The summed E-state index contributed by atoms with van der Waals surface area (Å²) in [6.45, 7) is 6.97. The van der Waals surface area contributed by atoms with Gasteiger partial charge in [-0.25, -0.2) is 9.97 Å². The van der Waals surface area contributed by atoms with Crippen molar-refractivity contribution in [3.05, 3.63) is 12.4 Å². The van der Waals surface area contributed by atoms with Crippen molar-refractivity contribution in [2.24, 2.45) is 0 Å². The Bertz CT molecular complexity index is 317. The van der Waals surface area contributed by atoms with Crippen molar-refractivity contribution in [2.75, 3.05) is 11.9 Å². The highest BCUT2D eigenvalue weighted by Gasteiger charge is 2.04. The molecule has 1 aromatic rings. The monoisotopic (exact) mass is 237 g/mol. The predicted molar refractivity (Wildman–Crippen MR) is 70.4 cm³/mol. The zero-order chi connectivity index (χ0) is 12.5. The summed E-state index contributed by atoms with van der Waals surface area (Å²) in [5, 5.41) is 3.37. The fourth-order valence-electron chi connectivity index (χ4n) is 1.67. The van der Waals surface area contributed by atoms with E-state index >= 15 is 0 Å². The molecule has 1 heterocycles. The van der Waals surface area contributed by atoms with Crippen LogP contribution in [0.2, 0.25) is 0 Å². The minimum atomic E-state index is 0.436. The summed E-state index contributed by atoms with van der Waals surface area (Å²) >= 11 is 0. The smallest absolute Gasteiger partial charge is 0.218 e. The van der Waals surface area contributed by atoms with Crippen LogP contribution in [0.3, 0.4) is 0 Å². The first-order valence-corrected chi connectivity index (χ1v) is 6.47.